The lowest BCUT2D eigenvalue weighted by Crippen LogP contribution is -2.38. The molecule has 0 spiro atoms. The lowest BCUT2D eigenvalue weighted by Gasteiger charge is -2.24. The Bertz CT molecular complexity index is 1000. The quantitative estimate of drug-likeness (QED) is 0.665. The van der Waals surface area contributed by atoms with Crippen LogP contribution < -0.4 is 9.62 Å². The van der Waals surface area contributed by atoms with E-state index in [4.69, 9.17) is 4.74 Å². The number of carbonyl (C=O) groups excluding carboxylic acids is 2. The van der Waals surface area contributed by atoms with Crippen molar-refractivity contribution in [3.8, 4) is 0 Å². The van der Waals surface area contributed by atoms with Gasteiger partial charge in [-0.15, -0.1) is 0 Å². The molecule has 2 aromatic rings. The molecule has 1 amide bonds. The van der Waals surface area contributed by atoms with Gasteiger partial charge in [0.05, 0.1) is 24.1 Å². The van der Waals surface area contributed by atoms with Crippen LogP contribution in [0.3, 0.4) is 0 Å². The van der Waals surface area contributed by atoms with E-state index >= 15 is 0 Å². The second-order valence-corrected chi connectivity index (χ2v) is 8.41. The molecule has 156 valence electrons. The molecule has 0 aliphatic carbocycles. The van der Waals surface area contributed by atoms with E-state index in [-0.39, 0.29) is 13.2 Å². The minimum atomic E-state index is -3.68. The zero-order valence-corrected chi connectivity index (χ0v) is 17.9. The predicted molar refractivity (Wildman–Crippen MR) is 114 cm³/mol. The monoisotopic (exact) mass is 418 g/mol. The lowest BCUT2D eigenvalue weighted by molar-refractivity contribution is -0.114. The van der Waals surface area contributed by atoms with Gasteiger partial charge in [-0.3, -0.25) is 9.10 Å². The van der Waals surface area contributed by atoms with Crippen molar-refractivity contribution in [2.24, 2.45) is 0 Å². The molecule has 7 nitrogen and oxygen atoms in total. The van der Waals surface area contributed by atoms with E-state index in [2.05, 4.69) is 5.32 Å². The number of hydrogen-bond acceptors (Lipinski definition) is 5. The van der Waals surface area contributed by atoms with E-state index < -0.39 is 21.9 Å². The average molecular weight is 419 g/mol. The van der Waals surface area contributed by atoms with E-state index in [1.54, 1.807) is 44.2 Å². The average Bonchev–Trinajstić information content (AvgIpc) is 2.67. The molecule has 0 aliphatic heterocycles. The Kier molecular flexibility index (Phi) is 7.39. The van der Waals surface area contributed by atoms with Gasteiger partial charge in [-0.05, 0) is 49.6 Å². The maximum absolute atomic E-state index is 12.7. The van der Waals surface area contributed by atoms with Crippen LogP contribution in [0.2, 0.25) is 0 Å². The summed E-state index contributed by atoms with van der Waals surface area (Å²) in [6.07, 6.45) is 1.70. The Labute approximate surface area is 171 Å². The van der Waals surface area contributed by atoms with Crippen molar-refractivity contribution in [2.45, 2.75) is 27.2 Å². The summed E-state index contributed by atoms with van der Waals surface area (Å²) in [4.78, 5) is 24.7. The number of benzene rings is 2. The maximum Gasteiger partial charge on any atom is 0.338 e. The van der Waals surface area contributed by atoms with Crippen LogP contribution in [0.25, 0.3) is 0 Å². The number of amides is 1. The molecule has 2 aromatic carbocycles. The number of esters is 1. The summed E-state index contributed by atoms with van der Waals surface area (Å²) in [6.45, 7) is 5.20. The van der Waals surface area contributed by atoms with Gasteiger partial charge in [0.1, 0.15) is 6.54 Å². The molecule has 1 N–H and O–H groups in total. The van der Waals surface area contributed by atoms with Crippen molar-refractivity contribution in [2.75, 3.05) is 29.0 Å². The Balaban J connectivity index is 2.28. The van der Waals surface area contributed by atoms with Crippen molar-refractivity contribution >= 4 is 33.3 Å². The second kappa shape index (κ2) is 9.56. The third kappa shape index (κ3) is 5.57. The van der Waals surface area contributed by atoms with Gasteiger partial charge in [0.15, 0.2) is 0 Å². The zero-order chi connectivity index (χ0) is 21.6. The maximum atomic E-state index is 12.7. The summed E-state index contributed by atoms with van der Waals surface area (Å²) in [6, 6.07) is 12.0. The van der Waals surface area contributed by atoms with Gasteiger partial charge in [0.25, 0.3) is 0 Å². The molecule has 29 heavy (non-hydrogen) atoms. The first-order chi connectivity index (χ1) is 13.7. The van der Waals surface area contributed by atoms with Gasteiger partial charge in [-0.2, -0.15) is 0 Å². The van der Waals surface area contributed by atoms with Crippen molar-refractivity contribution in [3.05, 3.63) is 59.2 Å². The van der Waals surface area contributed by atoms with Crippen molar-refractivity contribution in [1.82, 2.24) is 0 Å². The van der Waals surface area contributed by atoms with Gasteiger partial charge in [-0.1, -0.05) is 31.2 Å². The summed E-state index contributed by atoms with van der Waals surface area (Å²) >= 11 is 0. The number of sulfonamides is 1. The molecular weight excluding hydrogens is 392 g/mol. The number of aryl methyl sites for hydroxylation is 1. The summed E-state index contributed by atoms with van der Waals surface area (Å²) in [5.74, 6) is -0.985. The minimum Gasteiger partial charge on any atom is -0.462 e. The molecule has 0 unspecified atom stereocenters. The fraction of sp³-hybridized carbons (Fsp3) is 0.333. The molecule has 0 fully saturated rings. The molecule has 0 heterocycles. The van der Waals surface area contributed by atoms with E-state index in [9.17, 15) is 18.0 Å². The van der Waals surface area contributed by atoms with Gasteiger partial charge in [-0.25, -0.2) is 13.2 Å². The first kappa shape index (κ1) is 22.4. The van der Waals surface area contributed by atoms with Crippen LogP contribution in [0, 0.1) is 6.92 Å². The fourth-order valence-corrected chi connectivity index (χ4v) is 3.84. The highest BCUT2D eigenvalue weighted by molar-refractivity contribution is 7.92. The molecule has 0 saturated heterocycles. The third-order valence-corrected chi connectivity index (χ3v) is 5.56. The van der Waals surface area contributed by atoms with Crippen LogP contribution in [-0.4, -0.2) is 39.7 Å². The summed E-state index contributed by atoms with van der Waals surface area (Å²) < 4.78 is 30.8. The highest BCUT2D eigenvalue weighted by Crippen LogP contribution is 2.24. The molecule has 0 aliphatic rings. The number of carbonyl (C=O) groups is 2. The van der Waals surface area contributed by atoms with Gasteiger partial charge >= 0.3 is 5.97 Å². The van der Waals surface area contributed by atoms with Crippen LogP contribution >= 0.6 is 0 Å². The third-order valence-electron chi connectivity index (χ3n) is 4.43. The largest absolute Gasteiger partial charge is 0.462 e. The van der Waals surface area contributed by atoms with E-state index in [1.807, 2.05) is 19.1 Å². The van der Waals surface area contributed by atoms with Gasteiger partial charge in [0, 0.05) is 5.69 Å². The molecular formula is C21H26N2O5S. The lowest BCUT2D eigenvalue weighted by atomic mass is 10.1. The van der Waals surface area contributed by atoms with Crippen LogP contribution in [-0.2, 0) is 26.0 Å². The number of hydrogen-bond donors (Lipinski definition) is 1. The number of ether oxygens (including phenoxy) is 1. The van der Waals surface area contributed by atoms with Crippen molar-refractivity contribution in [3.63, 3.8) is 0 Å². The Hall–Kier alpha value is -2.87. The highest BCUT2D eigenvalue weighted by atomic mass is 32.2. The number of rotatable bonds is 8. The van der Waals surface area contributed by atoms with E-state index in [0.29, 0.717) is 28.9 Å². The topological polar surface area (TPSA) is 92.8 Å². The summed E-state index contributed by atoms with van der Waals surface area (Å²) in [7, 11) is -3.68. The van der Waals surface area contributed by atoms with Gasteiger partial charge < -0.3 is 10.1 Å². The molecule has 0 saturated carbocycles. The predicted octanol–water partition coefficient (Wildman–Crippen LogP) is 3.14. The smallest absolute Gasteiger partial charge is 0.338 e. The van der Waals surface area contributed by atoms with Crippen LogP contribution in [0.15, 0.2) is 42.5 Å². The van der Waals surface area contributed by atoms with Crippen molar-refractivity contribution < 1.29 is 22.7 Å². The molecule has 0 aromatic heterocycles. The molecule has 0 bridgehead atoms. The number of nitrogens with one attached hydrogen (secondary N) is 1. The fourth-order valence-electron chi connectivity index (χ4n) is 2.96. The number of para-hydroxylation sites is 1. The van der Waals surface area contributed by atoms with Crippen LogP contribution in [0.5, 0.6) is 0 Å². The van der Waals surface area contributed by atoms with Crippen LogP contribution in [0.1, 0.15) is 35.3 Å². The molecule has 0 atom stereocenters. The first-order valence-corrected chi connectivity index (χ1v) is 11.2. The normalized spacial score (nSPS) is 11.0. The molecule has 2 rings (SSSR count). The Morgan fingerprint density at radius 3 is 2.38 bits per heavy atom. The van der Waals surface area contributed by atoms with E-state index in [0.717, 1.165) is 16.1 Å². The van der Waals surface area contributed by atoms with E-state index in [1.165, 1.54) is 0 Å². The molecule has 8 heteroatoms. The summed E-state index contributed by atoms with van der Waals surface area (Å²) in [5, 5.41) is 2.70. The second-order valence-electron chi connectivity index (χ2n) is 6.50. The molecule has 0 radical (unpaired) electrons. The SMILES string of the molecule is CCOC(=O)c1cccc(NC(=O)CN(c2ccccc2CC)S(C)(=O)=O)c1C. The van der Waals surface area contributed by atoms with Gasteiger partial charge in [0.2, 0.25) is 15.9 Å². The highest BCUT2D eigenvalue weighted by Gasteiger charge is 2.23. The standard InChI is InChI=1S/C21H26N2O5S/c1-5-16-10-7-8-13-19(16)23(29(4,26)27)14-20(24)22-18-12-9-11-17(15(18)3)21(25)28-6-2/h7-13H,5-6,14H2,1-4H3,(H,22,24). The Morgan fingerprint density at radius 2 is 1.76 bits per heavy atom. The zero-order valence-electron chi connectivity index (χ0n) is 17.1. The minimum absolute atomic E-state index is 0.245. The number of anilines is 2. The number of nitrogens with zero attached hydrogens (tertiary/aromatic N) is 1. The van der Waals surface area contributed by atoms with Crippen molar-refractivity contribution in [1.29, 1.82) is 0 Å². The van der Waals surface area contributed by atoms with Crippen LogP contribution in [0.4, 0.5) is 11.4 Å². The first-order valence-electron chi connectivity index (χ1n) is 9.31. The summed E-state index contributed by atoms with van der Waals surface area (Å²) in [5.41, 5.74) is 2.63. The Morgan fingerprint density at radius 1 is 1.07 bits per heavy atom.